The molecule has 0 radical (unpaired) electrons. The van der Waals surface area contributed by atoms with Crippen LogP contribution in [-0.2, 0) is 16.0 Å². The summed E-state index contributed by atoms with van der Waals surface area (Å²) in [6.07, 6.45) is 3.06. The number of likely N-dealkylation sites (tertiary alicyclic amines) is 1. The normalized spacial score (nSPS) is 17.3. The first-order valence-electron chi connectivity index (χ1n) is 9.21. The second kappa shape index (κ2) is 8.98. The Balaban J connectivity index is 1.41. The Kier molecular flexibility index (Phi) is 6.44. The first-order valence-corrected chi connectivity index (χ1v) is 10.0. The highest BCUT2D eigenvalue weighted by atomic mass is 32.1. The summed E-state index contributed by atoms with van der Waals surface area (Å²) in [4.78, 5) is 30.4. The van der Waals surface area contributed by atoms with E-state index in [1.807, 2.05) is 18.2 Å². The van der Waals surface area contributed by atoms with Gasteiger partial charge in [0.25, 0.3) is 0 Å². The highest BCUT2D eigenvalue weighted by Gasteiger charge is 2.28. The van der Waals surface area contributed by atoms with E-state index in [9.17, 15) is 9.59 Å². The molecule has 2 heterocycles. The molecule has 7 heteroatoms. The number of ether oxygens (including phenoxy) is 1. The predicted octanol–water partition coefficient (Wildman–Crippen LogP) is 3.21. The summed E-state index contributed by atoms with van der Waals surface area (Å²) in [6, 6.07) is 8.12. The second-order valence-electron chi connectivity index (χ2n) is 6.45. The molecule has 1 unspecified atom stereocenters. The van der Waals surface area contributed by atoms with Crippen LogP contribution in [0, 0.1) is 5.92 Å². The Morgan fingerprint density at radius 1 is 1.38 bits per heavy atom. The fourth-order valence-electron chi connectivity index (χ4n) is 3.19. The van der Waals surface area contributed by atoms with Gasteiger partial charge < -0.3 is 15.0 Å². The quantitative estimate of drug-likeness (QED) is 0.787. The van der Waals surface area contributed by atoms with Gasteiger partial charge >= 0.3 is 6.09 Å². The minimum Gasteiger partial charge on any atom is -0.450 e. The van der Waals surface area contributed by atoms with Crippen molar-refractivity contribution in [2.75, 3.05) is 26.2 Å². The van der Waals surface area contributed by atoms with Gasteiger partial charge in [0, 0.05) is 26.1 Å². The third kappa shape index (κ3) is 4.72. The Labute approximate surface area is 157 Å². The molecule has 0 bridgehead atoms. The summed E-state index contributed by atoms with van der Waals surface area (Å²) in [5, 5.41) is 4.11. The first kappa shape index (κ1) is 18.6. The summed E-state index contributed by atoms with van der Waals surface area (Å²) >= 11 is 1.71. The van der Waals surface area contributed by atoms with Crippen molar-refractivity contribution < 1.29 is 14.3 Å². The molecular weight excluding hydrogens is 350 g/mol. The molecule has 3 rings (SSSR count). The Morgan fingerprint density at radius 2 is 2.23 bits per heavy atom. The second-order valence-corrected chi connectivity index (χ2v) is 7.57. The van der Waals surface area contributed by atoms with Crippen LogP contribution in [0.25, 0.3) is 10.2 Å². The van der Waals surface area contributed by atoms with Crippen LogP contribution in [0.3, 0.4) is 0 Å². The number of aryl methyl sites for hydroxylation is 1. The van der Waals surface area contributed by atoms with Gasteiger partial charge in [0.1, 0.15) is 0 Å². The number of nitrogens with one attached hydrogen (secondary N) is 1. The van der Waals surface area contributed by atoms with Crippen LogP contribution in [-0.4, -0.2) is 48.1 Å². The predicted molar refractivity (Wildman–Crippen MR) is 102 cm³/mol. The number of carbonyl (C=O) groups excluding carboxylic acids is 2. The molecule has 0 spiro atoms. The molecule has 6 nitrogen and oxygen atoms in total. The zero-order valence-electron chi connectivity index (χ0n) is 15.1. The minimum atomic E-state index is -0.319. The van der Waals surface area contributed by atoms with E-state index in [1.165, 1.54) is 4.70 Å². The van der Waals surface area contributed by atoms with Crippen LogP contribution in [0.15, 0.2) is 24.3 Å². The van der Waals surface area contributed by atoms with Gasteiger partial charge in [-0.1, -0.05) is 12.1 Å². The zero-order chi connectivity index (χ0) is 18.4. The molecular formula is C19H25N3O3S. The Hall–Kier alpha value is -2.15. The van der Waals surface area contributed by atoms with E-state index in [0.717, 1.165) is 36.2 Å². The monoisotopic (exact) mass is 375 g/mol. The molecule has 1 atom stereocenters. The molecule has 1 N–H and O–H groups in total. The fourth-order valence-corrected chi connectivity index (χ4v) is 4.20. The molecule has 1 aliphatic heterocycles. The molecule has 1 aliphatic rings. The number of carbonyl (C=O) groups is 2. The number of amides is 2. The molecule has 1 fully saturated rings. The first-order chi connectivity index (χ1) is 12.7. The Bertz CT molecular complexity index is 728. The topological polar surface area (TPSA) is 71.5 Å². The number of thiazole rings is 1. The van der Waals surface area contributed by atoms with E-state index in [-0.39, 0.29) is 17.9 Å². The van der Waals surface area contributed by atoms with Crippen molar-refractivity contribution in [1.29, 1.82) is 0 Å². The van der Waals surface area contributed by atoms with Gasteiger partial charge in [-0.15, -0.1) is 11.3 Å². The van der Waals surface area contributed by atoms with E-state index in [0.29, 0.717) is 26.2 Å². The van der Waals surface area contributed by atoms with Crippen LogP contribution in [0.4, 0.5) is 4.79 Å². The summed E-state index contributed by atoms with van der Waals surface area (Å²) in [6.45, 7) is 3.89. The third-order valence-corrected chi connectivity index (χ3v) is 5.62. The highest BCUT2D eigenvalue weighted by molar-refractivity contribution is 7.18. The molecule has 0 aliphatic carbocycles. The van der Waals surface area contributed by atoms with Crippen LogP contribution in [0.5, 0.6) is 0 Å². The van der Waals surface area contributed by atoms with E-state index in [2.05, 4.69) is 16.4 Å². The standard InChI is InChI=1S/C19H25N3O3S/c1-2-25-19(24)22-12-6-7-14(13-22)18(23)20-11-5-10-17-21-15-8-3-4-9-16(15)26-17/h3-4,8-9,14H,2,5-7,10-13H2,1H3,(H,20,23). The van der Waals surface area contributed by atoms with Gasteiger partial charge in [-0.2, -0.15) is 0 Å². The number of aromatic nitrogens is 1. The fraction of sp³-hybridized carbons (Fsp3) is 0.526. The average Bonchev–Trinajstić information content (AvgIpc) is 3.08. The van der Waals surface area contributed by atoms with Crippen molar-refractivity contribution in [2.45, 2.75) is 32.6 Å². The average molecular weight is 375 g/mol. The molecule has 1 saturated heterocycles. The van der Waals surface area contributed by atoms with Crippen LogP contribution < -0.4 is 5.32 Å². The number of rotatable bonds is 6. The summed E-state index contributed by atoms with van der Waals surface area (Å²) in [5.74, 6) is -0.112. The number of fused-ring (bicyclic) bond motifs is 1. The number of benzene rings is 1. The number of hydrogen-bond donors (Lipinski definition) is 1. The van der Waals surface area contributed by atoms with Crippen molar-refractivity contribution >= 4 is 33.6 Å². The van der Waals surface area contributed by atoms with Gasteiger partial charge in [-0.25, -0.2) is 9.78 Å². The van der Waals surface area contributed by atoms with Crippen molar-refractivity contribution in [1.82, 2.24) is 15.2 Å². The van der Waals surface area contributed by atoms with E-state index in [4.69, 9.17) is 4.74 Å². The molecule has 1 aromatic carbocycles. The highest BCUT2D eigenvalue weighted by Crippen LogP contribution is 2.22. The molecule has 2 amide bonds. The van der Waals surface area contributed by atoms with Gasteiger partial charge in [0.2, 0.25) is 5.91 Å². The molecule has 0 saturated carbocycles. The maximum absolute atomic E-state index is 12.4. The molecule has 26 heavy (non-hydrogen) atoms. The number of nitrogens with zero attached hydrogens (tertiary/aromatic N) is 2. The van der Waals surface area contributed by atoms with E-state index in [1.54, 1.807) is 23.2 Å². The molecule has 1 aromatic heterocycles. The SMILES string of the molecule is CCOC(=O)N1CCCC(C(=O)NCCCc2nc3ccccc3s2)C1. The number of para-hydroxylation sites is 1. The lowest BCUT2D eigenvalue weighted by atomic mass is 9.97. The van der Waals surface area contributed by atoms with Crippen molar-refractivity contribution in [3.63, 3.8) is 0 Å². The van der Waals surface area contributed by atoms with Crippen LogP contribution in [0.1, 0.15) is 31.2 Å². The summed E-state index contributed by atoms with van der Waals surface area (Å²) < 4.78 is 6.23. The van der Waals surface area contributed by atoms with Gasteiger partial charge in [-0.05, 0) is 38.3 Å². The van der Waals surface area contributed by atoms with E-state index >= 15 is 0 Å². The van der Waals surface area contributed by atoms with Gasteiger partial charge in [-0.3, -0.25) is 4.79 Å². The number of piperidine rings is 1. The van der Waals surface area contributed by atoms with E-state index < -0.39 is 0 Å². The minimum absolute atomic E-state index is 0.0308. The maximum atomic E-state index is 12.4. The molecule has 2 aromatic rings. The largest absolute Gasteiger partial charge is 0.450 e. The third-order valence-electron chi connectivity index (χ3n) is 4.52. The summed E-state index contributed by atoms with van der Waals surface area (Å²) in [5.41, 5.74) is 1.04. The number of hydrogen-bond acceptors (Lipinski definition) is 5. The maximum Gasteiger partial charge on any atom is 0.409 e. The lowest BCUT2D eigenvalue weighted by Gasteiger charge is -2.31. The van der Waals surface area contributed by atoms with Gasteiger partial charge in [0.15, 0.2) is 0 Å². The van der Waals surface area contributed by atoms with Crippen LogP contribution >= 0.6 is 11.3 Å². The van der Waals surface area contributed by atoms with Crippen molar-refractivity contribution in [3.8, 4) is 0 Å². The Morgan fingerprint density at radius 3 is 3.04 bits per heavy atom. The lowest BCUT2D eigenvalue weighted by molar-refractivity contribution is -0.126. The lowest BCUT2D eigenvalue weighted by Crippen LogP contribution is -2.45. The molecule has 140 valence electrons. The van der Waals surface area contributed by atoms with Gasteiger partial charge in [0.05, 0.1) is 27.7 Å². The zero-order valence-corrected chi connectivity index (χ0v) is 15.9. The summed E-state index contributed by atoms with van der Waals surface area (Å²) in [7, 11) is 0. The van der Waals surface area contributed by atoms with Crippen molar-refractivity contribution in [3.05, 3.63) is 29.3 Å². The van der Waals surface area contributed by atoms with Crippen LogP contribution in [0.2, 0.25) is 0 Å². The smallest absolute Gasteiger partial charge is 0.409 e. The van der Waals surface area contributed by atoms with Crippen molar-refractivity contribution in [2.24, 2.45) is 5.92 Å².